The molecule has 0 spiro atoms. The standard InChI is InChI=1S/C56H58ClF2N11O7/c1-2-37-41(58)16-11-32-6-5-7-38(46(32)37)49-47(59)50-39(27-61-49)54(70-28-34-12-13-35(29-70)62-34)67-55(65-50)74-25-23-69-21-19-68(20-22-69)18-4-3-8-45(72)60-17-24-73-36-14-9-33(10-15-36)48-40(57)26-42-53(64-48)66-56(63-42)77-44-31-76-51-43(71)30-75-52(44)51/h1,5-7,9-11,14-16,26-27,34-35,43-44,51-52,62,71H,3-4,8,12-13,17-25,28-31H2,(H,60,72)(H,63,64,66)/t34?,35?,43-,44-,51-,52-/m1/s1. The zero-order chi connectivity index (χ0) is 52.6. The number of aromatic amines is 1. The Morgan fingerprint density at radius 2 is 1.69 bits per heavy atom. The number of rotatable bonds is 18. The average molecular weight is 1070 g/mol. The number of terminal acetylenes is 1. The molecular weight excluding hydrogens is 1010 g/mol. The van der Waals surface area contributed by atoms with E-state index in [1.165, 1.54) is 6.07 Å². The van der Waals surface area contributed by atoms with Gasteiger partial charge < -0.3 is 54.2 Å². The van der Waals surface area contributed by atoms with Crippen molar-refractivity contribution in [3.63, 3.8) is 0 Å². The zero-order valence-corrected chi connectivity index (χ0v) is 43.0. The summed E-state index contributed by atoms with van der Waals surface area (Å²) in [6.45, 7) is 8.01. The number of aliphatic hydroxyl groups is 1. The number of carbonyl (C=O) groups is 1. The molecule has 0 aliphatic carbocycles. The second kappa shape index (κ2) is 22.3. The first-order valence-corrected chi connectivity index (χ1v) is 26.8. The molecule has 5 saturated heterocycles. The Bertz CT molecular complexity index is 3350. The molecule has 0 saturated carbocycles. The minimum atomic E-state index is -0.672. The highest BCUT2D eigenvalue weighted by atomic mass is 35.5. The highest BCUT2D eigenvalue weighted by molar-refractivity contribution is 6.33. The molecule has 5 aliphatic rings. The third-order valence-corrected chi connectivity index (χ3v) is 15.5. The number of amides is 1. The summed E-state index contributed by atoms with van der Waals surface area (Å²) in [5.74, 6) is 2.47. The largest absolute Gasteiger partial charge is 0.492 e. The number of H-pyrrole nitrogens is 1. The average Bonchev–Trinajstić information content (AvgIpc) is 4.28. The first kappa shape index (κ1) is 51.0. The van der Waals surface area contributed by atoms with E-state index in [-0.39, 0.29) is 54.0 Å². The number of piperazine rings is 2. The summed E-state index contributed by atoms with van der Waals surface area (Å²) in [6, 6.07) is 18.4. The number of aromatic nitrogens is 6. The maximum atomic E-state index is 16.9. The number of ether oxygens (including phenoxy) is 5. The Labute approximate surface area is 447 Å². The van der Waals surface area contributed by atoms with E-state index in [0.717, 1.165) is 77.1 Å². The van der Waals surface area contributed by atoms with Crippen LogP contribution >= 0.6 is 11.6 Å². The molecule has 9 heterocycles. The van der Waals surface area contributed by atoms with Crippen LogP contribution in [0.4, 0.5) is 14.6 Å². The molecule has 3 aromatic carbocycles. The quantitative estimate of drug-likeness (QED) is 0.0585. The molecule has 400 valence electrons. The van der Waals surface area contributed by atoms with E-state index in [2.05, 4.69) is 56.2 Å². The van der Waals surface area contributed by atoms with Crippen LogP contribution in [0.25, 0.3) is 55.4 Å². The first-order valence-electron chi connectivity index (χ1n) is 26.4. The van der Waals surface area contributed by atoms with Gasteiger partial charge >= 0.3 is 6.01 Å². The second-order valence-corrected chi connectivity index (χ2v) is 20.7. The summed E-state index contributed by atoms with van der Waals surface area (Å²) in [5, 5.41) is 18.7. The molecular formula is C56H58ClF2N11O7. The van der Waals surface area contributed by atoms with Crippen molar-refractivity contribution in [3.8, 4) is 52.6 Å². The molecule has 4 N–H and O–H groups in total. The number of imidazole rings is 1. The summed E-state index contributed by atoms with van der Waals surface area (Å²) >= 11 is 6.65. The summed E-state index contributed by atoms with van der Waals surface area (Å²) in [4.78, 5) is 46.0. The van der Waals surface area contributed by atoms with E-state index in [4.69, 9.17) is 46.7 Å². The van der Waals surface area contributed by atoms with Gasteiger partial charge in [-0.2, -0.15) is 15.0 Å². The van der Waals surface area contributed by atoms with Gasteiger partial charge in [0.25, 0.3) is 6.01 Å². The summed E-state index contributed by atoms with van der Waals surface area (Å²) in [6.07, 6.45) is 9.76. The fourth-order valence-corrected chi connectivity index (χ4v) is 11.6. The number of halogens is 3. The summed E-state index contributed by atoms with van der Waals surface area (Å²) in [5.41, 5.74) is 2.94. The van der Waals surface area contributed by atoms with Gasteiger partial charge in [0.1, 0.15) is 60.1 Å². The van der Waals surface area contributed by atoms with Gasteiger partial charge in [-0.1, -0.05) is 41.8 Å². The molecule has 2 unspecified atom stereocenters. The van der Waals surface area contributed by atoms with E-state index in [9.17, 15) is 14.3 Å². The Morgan fingerprint density at radius 1 is 0.896 bits per heavy atom. The molecule has 18 nitrogen and oxygen atoms in total. The van der Waals surface area contributed by atoms with Gasteiger partial charge in [-0.05, 0) is 74.0 Å². The molecule has 1 amide bonds. The van der Waals surface area contributed by atoms with E-state index >= 15 is 4.39 Å². The number of anilines is 1. The van der Waals surface area contributed by atoms with Crippen molar-refractivity contribution >= 4 is 56.2 Å². The van der Waals surface area contributed by atoms with Crippen LogP contribution in [-0.2, 0) is 14.3 Å². The molecule has 0 radical (unpaired) electrons. The van der Waals surface area contributed by atoms with E-state index in [1.54, 1.807) is 30.5 Å². The fraction of sp³-hybridized carbons (Fsp3) is 0.429. The van der Waals surface area contributed by atoms with Gasteiger partial charge in [0, 0.05) is 87.0 Å². The van der Waals surface area contributed by atoms with Gasteiger partial charge in [-0.25, -0.2) is 13.8 Å². The minimum Gasteiger partial charge on any atom is -0.492 e. The second-order valence-electron chi connectivity index (χ2n) is 20.3. The molecule has 21 heteroatoms. The van der Waals surface area contributed by atoms with Crippen LogP contribution in [0.2, 0.25) is 5.02 Å². The van der Waals surface area contributed by atoms with Crippen LogP contribution in [0.1, 0.15) is 37.7 Å². The number of nitrogens with zero attached hydrogens (tertiary/aromatic N) is 8. The monoisotopic (exact) mass is 1070 g/mol. The number of carbonyl (C=O) groups excluding carboxylic acids is 1. The predicted octanol–water partition coefficient (Wildman–Crippen LogP) is 5.90. The van der Waals surface area contributed by atoms with Crippen molar-refractivity contribution in [2.24, 2.45) is 0 Å². The predicted molar refractivity (Wildman–Crippen MR) is 285 cm³/mol. The zero-order valence-electron chi connectivity index (χ0n) is 42.2. The van der Waals surface area contributed by atoms with Crippen molar-refractivity contribution < 1.29 is 42.4 Å². The smallest absolute Gasteiger partial charge is 0.319 e. The van der Waals surface area contributed by atoms with Gasteiger partial charge in [0.2, 0.25) is 5.91 Å². The van der Waals surface area contributed by atoms with E-state index in [1.807, 2.05) is 30.3 Å². The van der Waals surface area contributed by atoms with E-state index < -0.39 is 29.9 Å². The minimum absolute atomic E-state index is 0.00852. The van der Waals surface area contributed by atoms with Crippen LogP contribution in [0.3, 0.4) is 0 Å². The lowest BCUT2D eigenvalue weighted by molar-refractivity contribution is -0.121. The van der Waals surface area contributed by atoms with Crippen LogP contribution in [0.15, 0.2) is 66.9 Å². The van der Waals surface area contributed by atoms with Gasteiger partial charge in [-0.15, -0.1) is 6.42 Å². The normalized spacial score (nSPS) is 22.5. The lowest BCUT2D eigenvalue weighted by Gasteiger charge is -2.35. The Kier molecular flexibility index (Phi) is 14.7. The molecule has 5 aliphatic heterocycles. The molecule has 7 aromatic rings. The number of hydrogen-bond acceptors (Lipinski definition) is 16. The molecule has 12 rings (SSSR count). The number of unbranched alkanes of at least 4 members (excludes halogenated alkanes) is 1. The van der Waals surface area contributed by atoms with Crippen molar-refractivity contribution in [2.45, 2.75) is 68.6 Å². The number of aliphatic hydroxyl groups excluding tert-OH is 1. The third-order valence-electron chi connectivity index (χ3n) is 15.3. The van der Waals surface area contributed by atoms with Crippen LogP contribution < -0.4 is 29.7 Å². The highest BCUT2D eigenvalue weighted by Crippen LogP contribution is 2.38. The highest BCUT2D eigenvalue weighted by Gasteiger charge is 2.49. The van der Waals surface area contributed by atoms with E-state index in [0.29, 0.717) is 100.0 Å². The lowest BCUT2D eigenvalue weighted by Crippen LogP contribution is -2.51. The molecule has 6 atom stereocenters. The van der Waals surface area contributed by atoms with Crippen molar-refractivity contribution in [1.29, 1.82) is 0 Å². The van der Waals surface area contributed by atoms with Gasteiger partial charge in [0.05, 0.1) is 46.9 Å². The lowest BCUT2D eigenvalue weighted by atomic mass is 9.96. The Hall–Kier alpha value is -6.83. The van der Waals surface area contributed by atoms with Gasteiger partial charge in [-0.3, -0.25) is 14.7 Å². The fourth-order valence-electron chi connectivity index (χ4n) is 11.3. The van der Waals surface area contributed by atoms with Crippen molar-refractivity contribution in [3.05, 3.63) is 89.1 Å². The number of nitrogens with one attached hydrogen (secondary N) is 3. The Morgan fingerprint density at radius 3 is 2.49 bits per heavy atom. The van der Waals surface area contributed by atoms with Crippen molar-refractivity contribution in [2.75, 3.05) is 90.2 Å². The van der Waals surface area contributed by atoms with Gasteiger partial charge in [0.15, 0.2) is 17.6 Å². The SMILES string of the molecule is C#Cc1c(F)ccc2cccc(-c3ncc4c(N5CC6CCC(C5)N6)nc(OCCN5CCN(CCCCC(=O)NCCOc6ccc(-c7nc8nc(O[C@@H]9CO[C@H]%10[C@@H]9OC[C@H]%10O)[nH]c8cc7Cl)cc6)CC5)nc4c3F)c12. The topological polar surface area (TPSA) is 197 Å². The molecule has 2 bridgehead atoms. The number of pyridine rings is 2. The van der Waals surface area contributed by atoms with Crippen LogP contribution in [-0.4, -0.2) is 173 Å². The molecule has 5 fully saturated rings. The maximum absolute atomic E-state index is 16.9. The first-order chi connectivity index (χ1) is 37.6. The van der Waals surface area contributed by atoms with Crippen molar-refractivity contribution in [1.82, 2.24) is 50.3 Å². The summed E-state index contributed by atoms with van der Waals surface area (Å²) in [7, 11) is 0. The third kappa shape index (κ3) is 10.8. The molecule has 77 heavy (non-hydrogen) atoms. The number of hydrogen-bond donors (Lipinski definition) is 4. The Balaban J connectivity index is 0.577. The molecule has 4 aromatic heterocycles. The summed E-state index contributed by atoms with van der Waals surface area (Å²) < 4.78 is 61.4. The maximum Gasteiger partial charge on any atom is 0.319 e. The van der Waals surface area contributed by atoms with Crippen LogP contribution in [0.5, 0.6) is 17.8 Å². The number of fused-ring (bicyclic) bond motifs is 6. The van der Waals surface area contributed by atoms with Crippen LogP contribution in [0, 0.1) is 24.0 Å². The number of benzene rings is 3.